The van der Waals surface area contributed by atoms with Crippen molar-refractivity contribution in [3.8, 4) is 0 Å². The highest BCUT2D eigenvalue weighted by Crippen LogP contribution is 2.26. The van der Waals surface area contributed by atoms with Gasteiger partial charge < -0.3 is 4.90 Å². The standard InChI is InChI=1S/C22H25Cl2N3O3S/c23-18-5-3-4-17(14-18)16-25-10-12-26(13-11-25)22(28)20-15-19(6-7-21(20)24)31(29,30)27-8-1-2-9-27/h3-7,14-15H,1-2,8-13,16H2. The lowest BCUT2D eigenvalue weighted by Gasteiger charge is -2.35. The van der Waals surface area contributed by atoms with Crippen molar-refractivity contribution in [3.05, 3.63) is 63.6 Å². The number of sulfonamides is 1. The Hall–Kier alpha value is -1.64. The molecule has 0 unspecified atom stereocenters. The van der Waals surface area contributed by atoms with Crippen LogP contribution in [0.3, 0.4) is 0 Å². The van der Waals surface area contributed by atoms with Gasteiger partial charge in [0.2, 0.25) is 10.0 Å². The molecule has 0 N–H and O–H groups in total. The highest BCUT2D eigenvalue weighted by atomic mass is 35.5. The SMILES string of the molecule is O=C(c1cc(S(=O)(=O)N2CCCC2)ccc1Cl)N1CCN(Cc2cccc(Cl)c2)CC1. The molecule has 4 rings (SSSR count). The molecule has 2 aliphatic heterocycles. The van der Waals surface area contributed by atoms with Gasteiger partial charge in [-0.2, -0.15) is 4.31 Å². The summed E-state index contributed by atoms with van der Waals surface area (Å²) in [4.78, 5) is 17.3. The molecule has 166 valence electrons. The minimum atomic E-state index is -3.60. The molecule has 0 radical (unpaired) electrons. The number of carbonyl (C=O) groups excluding carboxylic acids is 1. The Labute approximate surface area is 193 Å². The number of rotatable bonds is 5. The van der Waals surface area contributed by atoms with Crippen molar-refractivity contribution < 1.29 is 13.2 Å². The molecule has 0 saturated carbocycles. The minimum absolute atomic E-state index is 0.127. The van der Waals surface area contributed by atoms with E-state index in [0.717, 1.165) is 38.0 Å². The normalized spacial score (nSPS) is 18.5. The number of piperazine rings is 1. The van der Waals surface area contributed by atoms with Crippen LogP contribution in [-0.2, 0) is 16.6 Å². The maximum Gasteiger partial charge on any atom is 0.255 e. The summed E-state index contributed by atoms with van der Waals surface area (Å²) >= 11 is 12.4. The van der Waals surface area contributed by atoms with Gasteiger partial charge in [0, 0.05) is 50.8 Å². The number of halogens is 2. The summed E-state index contributed by atoms with van der Waals surface area (Å²) in [5.74, 6) is -0.231. The van der Waals surface area contributed by atoms with Crippen molar-refractivity contribution in [2.24, 2.45) is 0 Å². The second-order valence-corrected chi connectivity index (χ2v) is 10.7. The number of hydrogen-bond donors (Lipinski definition) is 0. The van der Waals surface area contributed by atoms with Crippen LogP contribution in [0.2, 0.25) is 10.0 Å². The second-order valence-electron chi connectivity index (χ2n) is 7.95. The minimum Gasteiger partial charge on any atom is -0.336 e. The van der Waals surface area contributed by atoms with Crippen molar-refractivity contribution in [1.82, 2.24) is 14.1 Å². The lowest BCUT2D eigenvalue weighted by atomic mass is 10.1. The third-order valence-electron chi connectivity index (χ3n) is 5.83. The Morgan fingerprint density at radius 1 is 0.903 bits per heavy atom. The summed E-state index contributed by atoms with van der Waals surface area (Å²) in [6.07, 6.45) is 1.72. The number of hydrogen-bond acceptors (Lipinski definition) is 4. The summed E-state index contributed by atoms with van der Waals surface area (Å²) in [6.45, 7) is 4.36. The quantitative estimate of drug-likeness (QED) is 0.652. The van der Waals surface area contributed by atoms with Gasteiger partial charge in [-0.15, -0.1) is 0 Å². The van der Waals surface area contributed by atoms with Crippen molar-refractivity contribution in [3.63, 3.8) is 0 Å². The van der Waals surface area contributed by atoms with Gasteiger partial charge in [0.1, 0.15) is 0 Å². The molecule has 0 bridgehead atoms. The smallest absolute Gasteiger partial charge is 0.255 e. The highest BCUT2D eigenvalue weighted by Gasteiger charge is 2.30. The van der Waals surface area contributed by atoms with Gasteiger partial charge >= 0.3 is 0 Å². The number of amides is 1. The molecule has 2 heterocycles. The zero-order valence-corrected chi connectivity index (χ0v) is 19.5. The molecular formula is C22H25Cl2N3O3S. The van der Waals surface area contributed by atoms with E-state index in [0.29, 0.717) is 31.2 Å². The Morgan fingerprint density at radius 3 is 2.29 bits per heavy atom. The molecule has 9 heteroatoms. The van der Waals surface area contributed by atoms with E-state index in [1.165, 1.54) is 22.5 Å². The zero-order chi connectivity index (χ0) is 22.0. The van der Waals surface area contributed by atoms with E-state index < -0.39 is 10.0 Å². The van der Waals surface area contributed by atoms with Crippen molar-refractivity contribution in [2.75, 3.05) is 39.3 Å². The van der Waals surface area contributed by atoms with Gasteiger partial charge in [0.25, 0.3) is 5.91 Å². The predicted octanol–water partition coefficient (Wildman–Crippen LogP) is 3.74. The molecule has 0 atom stereocenters. The van der Waals surface area contributed by atoms with E-state index in [4.69, 9.17) is 23.2 Å². The van der Waals surface area contributed by atoms with Crippen molar-refractivity contribution >= 4 is 39.1 Å². The predicted molar refractivity (Wildman–Crippen MR) is 122 cm³/mol. The molecule has 0 aliphatic carbocycles. The van der Waals surface area contributed by atoms with Crippen LogP contribution in [0.4, 0.5) is 0 Å². The second kappa shape index (κ2) is 9.46. The molecular weight excluding hydrogens is 457 g/mol. The fourth-order valence-electron chi connectivity index (χ4n) is 4.08. The monoisotopic (exact) mass is 481 g/mol. The maximum atomic E-state index is 13.1. The maximum absolute atomic E-state index is 13.1. The van der Waals surface area contributed by atoms with Gasteiger partial charge in [0.05, 0.1) is 15.5 Å². The summed E-state index contributed by atoms with van der Waals surface area (Å²) in [5.41, 5.74) is 1.38. The van der Waals surface area contributed by atoms with Crippen LogP contribution in [0.25, 0.3) is 0 Å². The summed E-state index contributed by atoms with van der Waals surface area (Å²) in [6, 6.07) is 12.2. The lowest BCUT2D eigenvalue weighted by Crippen LogP contribution is -2.48. The molecule has 2 aromatic rings. The molecule has 0 aromatic heterocycles. The summed E-state index contributed by atoms with van der Waals surface area (Å²) < 4.78 is 27.2. The van der Waals surface area contributed by atoms with E-state index in [1.54, 1.807) is 4.90 Å². The van der Waals surface area contributed by atoms with E-state index >= 15 is 0 Å². The van der Waals surface area contributed by atoms with E-state index in [9.17, 15) is 13.2 Å². The summed E-state index contributed by atoms with van der Waals surface area (Å²) in [7, 11) is -3.60. The molecule has 6 nitrogen and oxygen atoms in total. The fraction of sp³-hybridized carbons (Fsp3) is 0.409. The average Bonchev–Trinajstić information content (AvgIpc) is 3.30. The van der Waals surface area contributed by atoms with Gasteiger partial charge in [-0.05, 0) is 48.7 Å². The van der Waals surface area contributed by atoms with Crippen molar-refractivity contribution in [2.45, 2.75) is 24.3 Å². The van der Waals surface area contributed by atoms with Crippen molar-refractivity contribution in [1.29, 1.82) is 0 Å². The van der Waals surface area contributed by atoms with E-state index in [2.05, 4.69) is 4.90 Å². The third kappa shape index (κ3) is 5.07. The molecule has 31 heavy (non-hydrogen) atoms. The van der Waals surface area contributed by atoms with Gasteiger partial charge in [-0.3, -0.25) is 9.69 Å². The van der Waals surface area contributed by atoms with Crippen LogP contribution >= 0.6 is 23.2 Å². The average molecular weight is 482 g/mol. The number of nitrogens with zero attached hydrogens (tertiary/aromatic N) is 3. The van der Waals surface area contributed by atoms with Crippen LogP contribution in [-0.4, -0.2) is 67.7 Å². The van der Waals surface area contributed by atoms with Gasteiger partial charge in [-0.25, -0.2) is 8.42 Å². The first kappa shape index (κ1) is 22.6. The molecule has 2 aromatic carbocycles. The first-order chi connectivity index (χ1) is 14.8. The molecule has 1 amide bonds. The Morgan fingerprint density at radius 2 is 1.61 bits per heavy atom. The summed E-state index contributed by atoms with van der Waals surface area (Å²) in [5, 5.41) is 0.983. The molecule has 2 aliphatic rings. The third-order valence-corrected chi connectivity index (χ3v) is 8.29. The topological polar surface area (TPSA) is 60.9 Å². The van der Waals surface area contributed by atoms with Crippen LogP contribution in [0, 0.1) is 0 Å². The van der Waals surface area contributed by atoms with Gasteiger partial charge in [0.15, 0.2) is 0 Å². The van der Waals surface area contributed by atoms with Crippen LogP contribution < -0.4 is 0 Å². The first-order valence-electron chi connectivity index (χ1n) is 10.4. The molecule has 0 spiro atoms. The highest BCUT2D eigenvalue weighted by molar-refractivity contribution is 7.89. The largest absolute Gasteiger partial charge is 0.336 e. The molecule has 2 fully saturated rings. The zero-order valence-electron chi connectivity index (χ0n) is 17.1. The Balaban J connectivity index is 1.44. The first-order valence-corrected chi connectivity index (χ1v) is 12.6. The lowest BCUT2D eigenvalue weighted by molar-refractivity contribution is 0.0628. The van der Waals surface area contributed by atoms with E-state index in [-0.39, 0.29) is 21.4 Å². The Kier molecular flexibility index (Phi) is 6.89. The number of carbonyl (C=O) groups is 1. The van der Waals surface area contributed by atoms with Crippen LogP contribution in [0.1, 0.15) is 28.8 Å². The van der Waals surface area contributed by atoms with Crippen LogP contribution in [0.15, 0.2) is 47.4 Å². The van der Waals surface area contributed by atoms with Crippen LogP contribution in [0.5, 0.6) is 0 Å². The number of benzene rings is 2. The molecule has 2 saturated heterocycles. The Bertz CT molecular complexity index is 1060. The fourth-order valence-corrected chi connectivity index (χ4v) is 6.03. The van der Waals surface area contributed by atoms with Gasteiger partial charge in [-0.1, -0.05) is 35.3 Å². The van der Waals surface area contributed by atoms with E-state index in [1.807, 2.05) is 24.3 Å².